The van der Waals surface area contributed by atoms with Gasteiger partial charge in [0, 0.05) is 48.0 Å². The van der Waals surface area contributed by atoms with E-state index in [1.54, 1.807) is 28.4 Å². The first-order valence-corrected chi connectivity index (χ1v) is 23.7. The van der Waals surface area contributed by atoms with Gasteiger partial charge in [-0.2, -0.15) is 0 Å². The van der Waals surface area contributed by atoms with Gasteiger partial charge < -0.3 is 37.1 Å². The van der Waals surface area contributed by atoms with Crippen molar-refractivity contribution in [3.05, 3.63) is 71.2 Å². The van der Waals surface area contributed by atoms with E-state index in [2.05, 4.69) is 57.6 Å². The molecule has 0 aliphatic heterocycles. The maximum Gasteiger partial charge on any atom is 0.141 e. The van der Waals surface area contributed by atoms with Gasteiger partial charge in [-0.1, -0.05) is 48.8 Å². The predicted octanol–water partition coefficient (Wildman–Crippen LogP) is 12.2. The first kappa shape index (κ1) is 45.3. The molecule has 2 atom stereocenters. The van der Waals surface area contributed by atoms with Crippen LogP contribution in [-0.4, -0.2) is 81.0 Å². The molecule has 10 rings (SSSR count). The van der Waals surface area contributed by atoms with Gasteiger partial charge >= 0.3 is 0 Å². The number of aryl methyl sites for hydroxylation is 4. The molecular formula is C52H64N8O6. The van der Waals surface area contributed by atoms with Crippen LogP contribution in [-0.2, 0) is 9.47 Å². The van der Waals surface area contributed by atoms with Crippen LogP contribution in [0, 0.1) is 27.7 Å². The van der Waals surface area contributed by atoms with E-state index in [4.69, 9.17) is 47.9 Å². The van der Waals surface area contributed by atoms with E-state index in [1.165, 1.54) is 64.2 Å². The molecule has 348 valence electrons. The molecule has 0 N–H and O–H groups in total. The Kier molecular flexibility index (Phi) is 13.2. The molecule has 66 heavy (non-hydrogen) atoms. The van der Waals surface area contributed by atoms with E-state index < -0.39 is 0 Å². The molecule has 0 bridgehead atoms. The fraction of sp³-hybridized carbons (Fsp3) is 0.500. The van der Waals surface area contributed by atoms with Gasteiger partial charge in [0.2, 0.25) is 0 Å². The van der Waals surface area contributed by atoms with Crippen molar-refractivity contribution in [3.8, 4) is 33.8 Å². The van der Waals surface area contributed by atoms with Gasteiger partial charge in [0.05, 0.1) is 96.5 Å². The number of imidazole rings is 2. The van der Waals surface area contributed by atoms with Gasteiger partial charge in [0.15, 0.2) is 0 Å². The highest BCUT2D eigenvalue weighted by atomic mass is 16.5. The Morgan fingerprint density at radius 2 is 0.955 bits per heavy atom. The zero-order valence-corrected chi connectivity index (χ0v) is 40.3. The summed E-state index contributed by atoms with van der Waals surface area (Å²) >= 11 is 0. The number of rotatable bonds is 12. The number of hydrogen-bond acceptors (Lipinski definition) is 12. The Bertz CT molecular complexity index is 2760. The standard InChI is InChI=1S/2C26H32N4O3/c2*1-15(14-31-4)30-25-19-12-23(32-5)20(24-16(2)29-33-17(24)3)11-21(19)27-13-22(25)28-26(30)18-9-7-6-8-10-18/h2*11-13,15,18H,6-10,14H2,1-5H3/t2*15-/m10/s1. The quantitative estimate of drug-likeness (QED) is 0.115. The molecule has 0 radical (unpaired) electrons. The van der Waals surface area contributed by atoms with Crippen LogP contribution in [0.25, 0.3) is 66.1 Å². The van der Waals surface area contributed by atoms with Crippen LogP contribution in [0.15, 0.2) is 45.7 Å². The molecule has 6 heterocycles. The Labute approximate surface area is 386 Å². The van der Waals surface area contributed by atoms with Crippen LogP contribution in [0.5, 0.6) is 11.5 Å². The maximum absolute atomic E-state index is 5.86. The van der Waals surface area contributed by atoms with Crippen molar-refractivity contribution in [2.24, 2.45) is 0 Å². The maximum atomic E-state index is 5.86. The van der Waals surface area contributed by atoms with E-state index in [0.717, 1.165) is 112 Å². The average Bonchev–Trinajstić information content (AvgIpc) is 4.11. The summed E-state index contributed by atoms with van der Waals surface area (Å²) in [6, 6.07) is 8.67. The second kappa shape index (κ2) is 19.2. The molecule has 8 aromatic rings. The van der Waals surface area contributed by atoms with E-state index in [1.807, 2.05) is 40.1 Å². The van der Waals surface area contributed by atoms with E-state index in [0.29, 0.717) is 25.0 Å². The minimum atomic E-state index is 0.163. The van der Waals surface area contributed by atoms with Crippen molar-refractivity contribution in [1.82, 2.24) is 39.4 Å². The first-order valence-electron chi connectivity index (χ1n) is 23.7. The van der Waals surface area contributed by atoms with Crippen LogP contribution in [0.4, 0.5) is 0 Å². The monoisotopic (exact) mass is 896 g/mol. The summed E-state index contributed by atoms with van der Waals surface area (Å²) in [7, 11) is 6.92. The molecule has 14 nitrogen and oxygen atoms in total. The average molecular weight is 897 g/mol. The molecule has 2 saturated carbocycles. The van der Waals surface area contributed by atoms with Crippen LogP contribution in [0.1, 0.15) is 137 Å². The molecule has 0 spiro atoms. The Hall–Kier alpha value is -5.86. The largest absolute Gasteiger partial charge is 0.496 e. The highest BCUT2D eigenvalue weighted by Gasteiger charge is 2.29. The van der Waals surface area contributed by atoms with Gasteiger partial charge in [-0.25, -0.2) is 9.97 Å². The van der Waals surface area contributed by atoms with Crippen LogP contribution in [0.2, 0.25) is 0 Å². The highest BCUT2D eigenvalue weighted by molar-refractivity contribution is 6.06. The minimum Gasteiger partial charge on any atom is -0.496 e. The molecule has 0 unspecified atom stereocenters. The lowest BCUT2D eigenvalue weighted by atomic mass is 9.88. The molecule has 0 amide bonds. The molecular weight excluding hydrogens is 833 g/mol. The molecule has 2 aliphatic carbocycles. The SMILES string of the molecule is COC[C@@H](C)n1c(C2CCCCC2)nc2cnc3cc(-c4c(C)noc4C)c(OC)cc3c21.COC[C@H](C)n1c(C2CCCCC2)nc2cnc3cc(-c4c(C)noc4C)c(OC)cc3c21. The number of hydrogen-bond donors (Lipinski definition) is 0. The van der Waals surface area contributed by atoms with E-state index >= 15 is 0 Å². The van der Waals surface area contributed by atoms with Gasteiger partial charge in [0.1, 0.15) is 45.7 Å². The second-order valence-electron chi connectivity index (χ2n) is 18.5. The molecule has 6 aromatic heterocycles. The summed E-state index contributed by atoms with van der Waals surface area (Å²) in [6.07, 6.45) is 16.3. The van der Waals surface area contributed by atoms with Crippen molar-refractivity contribution in [2.75, 3.05) is 41.7 Å². The molecule has 2 aromatic carbocycles. The van der Waals surface area contributed by atoms with Crippen molar-refractivity contribution in [2.45, 2.75) is 130 Å². The van der Waals surface area contributed by atoms with Crippen LogP contribution in [0.3, 0.4) is 0 Å². The third-order valence-electron chi connectivity index (χ3n) is 14.0. The van der Waals surface area contributed by atoms with Crippen molar-refractivity contribution < 1.29 is 28.0 Å². The van der Waals surface area contributed by atoms with Crippen LogP contribution >= 0.6 is 0 Å². The normalized spacial score (nSPS) is 16.0. The van der Waals surface area contributed by atoms with Crippen LogP contribution < -0.4 is 9.47 Å². The predicted molar refractivity (Wildman–Crippen MR) is 258 cm³/mol. The van der Waals surface area contributed by atoms with Crippen molar-refractivity contribution >= 4 is 43.9 Å². The minimum absolute atomic E-state index is 0.163. The Morgan fingerprint density at radius 3 is 1.29 bits per heavy atom. The summed E-state index contributed by atoms with van der Waals surface area (Å²) in [6.45, 7) is 13.4. The lowest BCUT2D eigenvalue weighted by Gasteiger charge is -2.25. The zero-order valence-electron chi connectivity index (χ0n) is 40.3. The fourth-order valence-electron chi connectivity index (χ4n) is 10.9. The first-order chi connectivity index (χ1) is 32.1. The molecule has 14 heteroatoms. The number of pyridine rings is 2. The molecule has 0 saturated heterocycles. The lowest BCUT2D eigenvalue weighted by molar-refractivity contribution is 0.161. The lowest BCUT2D eigenvalue weighted by Crippen LogP contribution is -2.18. The summed E-state index contributed by atoms with van der Waals surface area (Å²) in [5.74, 6) is 6.37. The van der Waals surface area contributed by atoms with Crippen molar-refractivity contribution in [3.63, 3.8) is 0 Å². The van der Waals surface area contributed by atoms with E-state index in [9.17, 15) is 0 Å². The summed E-state index contributed by atoms with van der Waals surface area (Å²) in [4.78, 5) is 19.9. The summed E-state index contributed by atoms with van der Waals surface area (Å²) in [5.41, 5.74) is 11.3. The fourth-order valence-corrected chi connectivity index (χ4v) is 10.9. The number of nitrogens with zero attached hydrogens (tertiary/aromatic N) is 8. The van der Waals surface area contributed by atoms with Gasteiger partial charge in [-0.05, 0) is 91.5 Å². The number of aromatic nitrogens is 8. The summed E-state index contributed by atoms with van der Waals surface area (Å²) < 4.78 is 38.5. The van der Waals surface area contributed by atoms with Gasteiger partial charge in [-0.15, -0.1) is 0 Å². The third kappa shape index (κ3) is 8.20. The number of benzene rings is 2. The van der Waals surface area contributed by atoms with Gasteiger partial charge in [-0.3, -0.25) is 9.97 Å². The zero-order chi connectivity index (χ0) is 46.2. The Balaban J connectivity index is 0.000000166. The van der Waals surface area contributed by atoms with E-state index in [-0.39, 0.29) is 12.1 Å². The molecule has 2 fully saturated rings. The van der Waals surface area contributed by atoms with Crippen molar-refractivity contribution in [1.29, 1.82) is 0 Å². The van der Waals surface area contributed by atoms with Gasteiger partial charge in [0.25, 0.3) is 0 Å². The third-order valence-corrected chi connectivity index (χ3v) is 14.0. The smallest absolute Gasteiger partial charge is 0.141 e. The highest BCUT2D eigenvalue weighted by Crippen LogP contribution is 2.44. The Morgan fingerprint density at radius 1 is 0.561 bits per heavy atom. The number of fused-ring (bicyclic) bond motifs is 6. The summed E-state index contributed by atoms with van der Waals surface area (Å²) in [5, 5.41) is 10.3. The topological polar surface area (TPSA) is 150 Å². The second-order valence-corrected chi connectivity index (χ2v) is 18.5. The number of ether oxygens (including phenoxy) is 4. The number of methoxy groups -OCH3 is 4. The molecule has 2 aliphatic rings.